The van der Waals surface area contributed by atoms with Gasteiger partial charge in [0.15, 0.2) is 0 Å². The number of nitrogens with one attached hydrogen (secondary N) is 1. The maximum absolute atomic E-state index is 5.69. The maximum atomic E-state index is 5.69. The molecule has 0 radical (unpaired) electrons. The number of nitrogen functional groups attached to an aromatic ring is 1. The van der Waals surface area contributed by atoms with Gasteiger partial charge in [-0.15, -0.1) is 0 Å². The van der Waals surface area contributed by atoms with E-state index in [0.29, 0.717) is 16.1 Å². The van der Waals surface area contributed by atoms with Gasteiger partial charge in [0.05, 0.1) is 0 Å². The van der Waals surface area contributed by atoms with Crippen LogP contribution in [0.3, 0.4) is 0 Å². The number of aromatic nitrogens is 2. The van der Waals surface area contributed by atoms with Crippen LogP contribution in [0.25, 0.3) is 0 Å². The second kappa shape index (κ2) is 5.01. The molecule has 0 bridgehead atoms. The third-order valence-electron chi connectivity index (χ3n) is 2.34. The number of nitrogens with zero attached hydrogens (tertiary/aromatic N) is 2. The number of anilines is 3. The summed E-state index contributed by atoms with van der Waals surface area (Å²) in [4.78, 5) is 8.03. The summed E-state index contributed by atoms with van der Waals surface area (Å²) < 4.78 is 1.71. The van der Waals surface area contributed by atoms with E-state index in [0.717, 1.165) is 15.7 Å². The SMILES string of the molecule is Cc1c(Br)cccc1Nc1ncnc(N)c1Br. The lowest BCUT2D eigenvalue weighted by atomic mass is 10.2. The maximum Gasteiger partial charge on any atom is 0.150 e. The fraction of sp³-hybridized carbons (Fsp3) is 0.0909. The zero-order chi connectivity index (χ0) is 12.4. The second-order valence-corrected chi connectivity index (χ2v) is 5.11. The smallest absolute Gasteiger partial charge is 0.150 e. The first kappa shape index (κ1) is 12.3. The molecule has 1 heterocycles. The van der Waals surface area contributed by atoms with Crippen molar-refractivity contribution in [2.45, 2.75) is 6.92 Å². The molecule has 0 aliphatic carbocycles. The van der Waals surface area contributed by atoms with Gasteiger partial charge in [-0.1, -0.05) is 22.0 Å². The van der Waals surface area contributed by atoms with Crippen molar-refractivity contribution in [2.75, 3.05) is 11.1 Å². The third-order valence-corrected chi connectivity index (χ3v) is 3.98. The van der Waals surface area contributed by atoms with E-state index in [1.807, 2.05) is 25.1 Å². The van der Waals surface area contributed by atoms with Crippen molar-refractivity contribution >= 4 is 49.2 Å². The van der Waals surface area contributed by atoms with Gasteiger partial charge in [-0.3, -0.25) is 0 Å². The van der Waals surface area contributed by atoms with Gasteiger partial charge in [-0.25, -0.2) is 9.97 Å². The Labute approximate surface area is 116 Å². The second-order valence-electron chi connectivity index (χ2n) is 3.46. The molecule has 1 aromatic carbocycles. The minimum atomic E-state index is 0.412. The van der Waals surface area contributed by atoms with Crippen LogP contribution in [0.1, 0.15) is 5.56 Å². The highest BCUT2D eigenvalue weighted by atomic mass is 79.9. The van der Waals surface area contributed by atoms with Crippen molar-refractivity contribution in [2.24, 2.45) is 0 Å². The van der Waals surface area contributed by atoms with Gasteiger partial charge in [0.1, 0.15) is 22.4 Å². The van der Waals surface area contributed by atoms with Crippen LogP contribution in [-0.4, -0.2) is 9.97 Å². The molecule has 0 amide bonds. The molecule has 0 aliphatic heterocycles. The Morgan fingerprint density at radius 2 is 2.00 bits per heavy atom. The topological polar surface area (TPSA) is 63.8 Å². The first-order chi connectivity index (χ1) is 8.09. The van der Waals surface area contributed by atoms with Gasteiger partial charge in [-0.2, -0.15) is 0 Å². The minimum Gasteiger partial charge on any atom is -0.383 e. The molecule has 0 saturated heterocycles. The Bertz CT molecular complexity index is 508. The van der Waals surface area contributed by atoms with Crippen molar-refractivity contribution in [3.8, 4) is 0 Å². The molecule has 0 spiro atoms. The van der Waals surface area contributed by atoms with Crippen LogP contribution in [0.4, 0.5) is 17.3 Å². The molecule has 88 valence electrons. The van der Waals surface area contributed by atoms with Crippen LogP contribution < -0.4 is 11.1 Å². The Morgan fingerprint density at radius 3 is 2.76 bits per heavy atom. The average Bonchev–Trinajstić information content (AvgIpc) is 2.31. The molecule has 3 N–H and O–H groups in total. The van der Waals surface area contributed by atoms with Crippen LogP contribution in [0, 0.1) is 6.92 Å². The van der Waals surface area contributed by atoms with Gasteiger partial charge in [-0.05, 0) is 40.5 Å². The Balaban J connectivity index is 2.38. The molecule has 2 aromatic rings. The number of rotatable bonds is 2. The molecule has 0 unspecified atom stereocenters. The van der Waals surface area contributed by atoms with E-state index in [-0.39, 0.29) is 0 Å². The van der Waals surface area contributed by atoms with Gasteiger partial charge >= 0.3 is 0 Å². The first-order valence-electron chi connectivity index (χ1n) is 4.87. The van der Waals surface area contributed by atoms with Crippen LogP contribution in [0.15, 0.2) is 33.5 Å². The third kappa shape index (κ3) is 2.58. The van der Waals surface area contributed by atoms with E-state index >= 15 is 0 Å². The number of hydrogen-bond donors (Lipinski definition) is 2. The Hall–Kier alpha value is -1.14. The largest absolute Gasteiger partial charge is 0.383 e. The molecule has 2 rings (SSSR count). The normalized spacial score (nSPS) is 10.3. The summed E-state index contributed by atoms with van der Waals surface area (Å²) in [6.45, 7) is 2.02. The summed E-state index contributed by atoms with van der Waals surface area (Å²) in [6.07, 6.45) is 1.43. The standard InChI is InChI=1S/C11H10Br2N4/c1-6-7(12)3-2-4-8(6)17-11-9(13)10(14)15-5-16-11/h2-5H,1H3,(H3,14,15,16,17). The van der Waals surface area contributed by atoms with E-state index in [4.69, 9.17) is 5.73 Å². The Morgan fingerprint density at radius 1 is 1.24 bits per heavy atom. The monoisotopic (exact) mass is 356 g/mol. The quantitative estimate of drug-likeness (QED) is 0.861. The molecule has 0 atom stereocenters. The summed E-state index contributed by atoms with van der Waals surface area (Å²) in [5.41, 5.74) is 7.77. The highest BCUT2D eigenvalue weighted by Crippen LogP contribution is 2.30. The van der Waals surface area contributed by atoms with Crippen molar-refractivity contribution in [3.05, 3.63) is 39.0 Å². The van der Waals surface area contributed by atoms with Gasteiger partial charge in [0.2, 0.25) is 0 Å². The van der Waals surface area contributed by atoms with E-state index in [9.17, 15) is 0 Å². The molecule has 4 nitrogen and oxygen atoms in total. The zero-order valence-corrected chi connectivity index (χ0v) is 12.2. The minimum absolute atomic E-state index is 0.412. The lowest BCUT2D eigenvalue weighted by Crippen LogP contribution is -2.01. The Kier molecular flexibility index (Phi) is 3.63. The van der Waals surface area contributed by atoms with E-state index < -0.39 is 0 Å². The van der Waals surface area contributed by atoms with E-state index in [1.165, 1.54) is 6.33 Å². The van der Waals surface area contributed by atoms with E-state index in [1.54, 1.807) is 0 Å². The molecule has 0 fully saturated rings. The number of nitrogens with two attached hydrogens (primary N) is 1. The number of benzene rings is 1. The fourth-order valence-electron chi connectivity index (χ4n) is 1.34. The molecule has 6 heteroatoms. The van der Waals surface area contributed by atoms with Crippen LogP contribution in [0.2, 0.25) is 0 Å². The van der Waals surface area contributed by atoms with Crippen LogP contribution in [-0.2, 0) is 0 Å². The highest BCUT2D eigenvalue weighted by molar-refractivity contribution is 9.11. The average molecular weight is 358 g/mol. The summed E-state index contributed by atoms with van der Waals surface area (Å²) in [5, 5.41) is 3.21. The van der Waals surface area contributed by atoms with E-state index in [2.05, 4.69) is 47.1 Å². The first-order valence-corrected chi connectivity index (χ1v) is 6.46. The summed E-state index contributed by atoms with van der Waals surface area (Å²) >= 11 is 6.84. The molecule has 0 aliphatic rings. The van der Waals surface area contributed by atoms with Crippen molar-refractivity contribution in [1.29, 1.82) is 0 Å². The summed E-state index contributed by atoms with van der Waals surface area (Å²) in [6, 6.07) is 5.92. The van der Waals surface area contributed by atoms with Crippen molar-refractivity contribution in [3.63, 3.8) is 0 Å². The van der Waals surface area contributed by atoms with Crippen molar-refractivity contribution in [1.82, 2.24) is 9.97 Å². The number of hydrogen-bond acceptors (Lipinski definition) is 4. The molecular weight excluding hydrogens is 348 g/mol. The summed E-state index contributed by atoms with van der Waals surface area (Å²) in [5.74, 6) is 1.06. The molecule has 0 saturated carbocycles. The van der Waals surface area contributed by atoms with Crippen LogP contribution >= 0.6 is 31.9 Å². The lowest BCUT2D eigenvalue weighted by molar-refractivity contribution is 1.16. The van der Waals surface area contributed by atoms with Gasteiger partial charge in [0.25, 0.3) is 0 Å². The van der Waals surface area contributed by atoms with Gasteiger partial charge in [0, 0.05) is 10.2 Å². The fourth-order valence-corrected chi connectivity index (χ4v) is 2.01. The van der Waals surface area contributed by atoms with Crippen LogP contribution in [0.5, 0.6) is 0 Å². The highest BCUT2D eigenvalue weighted by Gasteiger charge is 2.08. The predicted molar refractivity (Wildman–Crippen MR) is 76.3 cm³/mol. The molecule has 17 heavy (non-hydrogen) atoms. The zero-order valence-electron chi connectivity index (χ0n) is 9.04. The lowest BCUT2D eigenvalue weighted by Gasteiger charge is -2.11. The molecular formula is C11H10Br2N4. The van der Waals surface area contributed by atoms with Crippen molar-refractivity contribution < 1.29 is 0 Å². The molecule has 1 aromatic heterocycles. The predicted octanol–water partition coefficient (Wildman–Crippen LogP) is 3.64. The summed E-state index contributed by atoms with van der Waals surface area (Å²) in [7, 11) is 0. The number of halogens is 2. The van der Waals surface area contributed by atoms with Gasteiger partial charge < -0.3 is 11.1 Å².